The molecule has 116 valence electrons. The molecule has 0 aliphatic rings. The van der Waals surface area contributed by atoms with Crippen molar-refractivity contribution in [2.24, 2.45) is 0 Å². The van der Waals surface area contributed by atoms with E-state index >= 15 is 0 Å². The first-order chi connectivity index (χ1) is 10.9. The van der Waals surface area contributed by atoms with E-state index in [4.69, 9.17) is 0 Å². The molecule has 0 saturated heterocycles. The summed E-state index contributed by atoms with van der Waals surface area (Å²) < 4.78 is 0. The van der Waals surface area contributed by atoms with Crippen LogP contribution in [0.1, 0.15) is 11.1 Å². The molecule has 0 radical (unpaired) electrons. The number of hydrogen-bond donors (Lipinski definition) is 0. The van der Waals surface area contributed by atoms with Crippen LogP contribution in [0.5, 0.6) is 0 Å². The topological polar surface area (TPSA) is 0 Å². The molecular weight excluding hydrogens is 308 g/mol. The van der Waals surface area contributed by atoms with Gasteiger partial charge >= 0.3 is 0 Å². The molecule has 2 heteroatoms. The van der Waals surface area contributed by atoms with Gasteiger partial charge in [-0.1, -0.05) is 74.4 Å². The summed E-state index contributed by atoms with van der Waals surface area (Å²) in [5.41, 5.74) is 10.6. The fourth-order valence-corrected chi connectivity index (χ4v) is 13.2. The monoisotopic (exact) mass is 332 g/mol. The van der Waals surface area contributed by atoms with Gasteiger partial charge in [-0.05, 0) is 29.9 Å². The van der Waals surface area contributed by atoms with E-state index < -0.39 is 16.1 Å². The molecule has 0 fully saturated rings. The zero-order valence-corrected chi connectivity index (χ0v) is 16.5. The average Bonchev–Trinajstić information content (AvgIpc) is 2.52. The Labute approximate surface area is 143 Å². The molecule has 2 aromatic carbocycles. The van der Waals surface area contributed by atoms with Gasteiger partial charge in [0.15, 0.2) is 0 Å². The van der Waals surface area contributed by atoms with Gasteiger partial charge in [-0.15, -0.1) is 11.1 Å². The molecular formula is C21H24Si2. The van der Waals surface area contributed by atoms with Gasteiger partial charge in [0.25, 0.3) is 0 Å². The fourth-order valence-electron chi connectivity index (χ4n) is 2.72. The summed E-state index contributed by atoms with van der Waals surface area (Å²) in [5.74, 6) is 6.73. The molecule has 0 heterocycles. The minimum Gasteiger partial charge on any atom is -0.127 e. The first-order valence-corrected chi connectivity index (χ1v) is 14.4. The van der Waals surface area contributed by atoms with E-state index in [9.17, 15) is 0 Å². The Morgan fingerprint density at radius 1 is 0.609 bits per heavy atom. The maximum Gasteiger partial charge on any atom is 0.131 e. The highest BCUT2D eigenvalue weighted by Crippen LogP contribution is 2.19. The van der Waals surface area contributed by atoms with E-state index in [2.05, 4.69) is 73.4 Å². The van der Waals surface area contributed by atoms with Crippen molar-refractivity contribution in [1.82, 2.24) is 0 Å². The van der Waals surface area contributed by atoms with Gasteiger partial charge in [-0.25, -0.2) is 0 Å². The lowest BCUT2D eigenvalue weighted by Gasteiger charge is -2.23. The second kappa shape index (κ2) is 7.51. The first-order valence-electron chi connectivity index (χ1n) is 8.03. The van der Waals surface area contributed by atoms with Gasteiger partial charge in [-0.2, -0.15) is 0 Å². The molecule has 0 spiro atoms. The highest BCUT2D eigenvalue weighted by Gasteiger charge is 2.30. The van der Waals surface area contributed by atoms with Crippen molar-refractivity contribution >= 4 is 16.1 Å². The van der Waals surface area contributed by atoms with E-state index in [1.807, 2.05) is 36.4 Å². The molecule has 23 heavy (non-hydrogen) atoms. The van der Waals surface area contributed by atoms with Gasteiger partial charge in [0.1, 0.15) is 16.1 Å². The summed E-state index contributed by atoms with van der Waals surface area (Å²) in [6.07, 6.45) is 0. The number of hydrogen-bond acceptors (Lipinski definition) is 0. The lowest BCUT2D eigenvalue weighted by Crippen LogP contribution is -2.38. The van der Waals surface area contributed by atoms with E-state index in [1.54, 1.807) is 0 Å². The summed E-state index contributed by atoms with van der Waals surface area (Å²) >= 11 is 0. The van der Waals surface area contributed by atoms with Crippen LogP contribution in [0.3, 0.4) is 0 Å². The van der Waals surface area contributed by atoms with Crippen molar-refractivity contribution in [3.05, 3.63) is 71.8 Å². The molecule has 0 saturated carbocycles. The zero-order chi connectivity index (χ0) is 16.8. The smallest absolute Gasteiger partial charge is 0.127 e. The van der Waals surface area contributed by atoms with Crippen LogP contribution < -0.4 is 0 Å². The molecule has 0 N–H and O–H groups in total. The van der Waals surface area contributed by atoms with E-state index in [1.165, 1.54) is 5.67 Å². The number of rotatable bonds is 2. The fraction of sp³-hybridized carbons (Fsp3) is 0.238. The van der Waals surface area contributed by atoms with Gasteiger partial charge in [0.2, 0.25) is 0 Å². The van der Waals surface area contributed by atoms with Crippen molar-refractivity contribution in [3.63, 3.8) is 0 Å². The van der Waals surface area contributed by atoms with Crippen LogP contribution in [-0.2, 0) is 0 Å². The maximum atomic E-state index is 3.59. The SMILES string of the molecule is C[Si](C)(C#Cc1ccccc1)C[Si](C)(C)C#Cc1ccccc1. The molecule has 0 unspecified atom stereocenters. The quantitative estimate of drug-likeness (QED) is 0.528. The number of benzene rings is 2. The summed E-state index contributed by atoms with van der Waals surface area (Å²) in [5, 5.41) is 0. The van der Waals surface area contributed by atoms with Crippen LogP contribution in [0.25, 0.3) is 0 Å². The average molecular weight is 333 g/mol. The minimum absolute atomic E-state index is 1.11. The standard InChI is InChI=1S/C21H24Si2/c1-22(2,17-15-20-11-7-5-8-12-20)19-23(3,4)18-16-21-13-9-6-10-14-21/h5-14H,19H2,1-4H3. The van der Waals surface area contributed by atoms with Crippen LogP contribution >= 0.6 is 0 Å². The lowest BCUT2D eigenvalue weighted by atomic mass is 10.2. The highest BCUT2D eigenvalue weighted by atomic mass is 28.4. The zero-order valence-electron chi connectivity index (χ0n) is 14.5. The van der Waals surface area contributed by atoms with Crippen LogP contribution in [0.15, 0.2) is 60.7 Å². The predicted molar refractivity (Wildman–Crippen MR) is 106 cm³/mol. The molecule has 0 aromatic heterocycles. The summed E-state index contributed by atoms with van der Waals surface area (Å²) in [6, 6.07) is 20.6. The summed E-state index contributed by atoms with van der Waals surface area (Å²) in [4.78, 5) is 0. The van der Waals surface area contributed by atoms with Gasteiger partial charge in [0, 0.05) is 11.1 Å². The molecule has 0 aliphatic carbocycles. The molecule has 2 rings (SSSR count). The van der Waals surface area contributed by atoms with E-state index in [0.717, 1.165) is 11.1 Å². The molecule has 0 aliphatic heterocycles. The summed E-state index contributed by atoms with van der Waals surface area (Å²) in [7, 11) is -3.12. The molecule has 0 amide bonds. The third-order valence-corrected chi connectivity index (χ3v) is 12.2. The summed E-state index contributed by atoms with van der Waals surface area (Å²) in [6.45, 7) is 9.45. The van der Waals surface area contributed by atoms with Gasteiger partial charge < -0.3 is 0 Å². The minimum atomic E-state index is -1.56. The Hall–Kier alpha value is -2.01. The molecule has 0 atom stereocenters. The highest BCUT2D eigenvalue weighted by molar-refractivity contribution is 7.02. The third-order valence-electron chi connectivity index (χ3n) is 3.52. The van der Waals surface area contributed by atoms with Gasteiger partial charge in [0.05, 0.1) is 0 Å². The normalized spacial score (nSPS) is 11.0. The van der Waals surface area contributed by atoms with E-state index in [0.29, 0.717) is 0 Å². The molecule has 0 bridgehead atoms. The Bertz CT molecular complexity index is 684. The predicted octanol–water partition coefficient (Wildman–Crippen LogP) is 5.12. The third kappa shape index (κ3) is 6.32. The van der Waals surface area contributed by atoms with Crippen molar-refractivity contribution in [3.8, 4) is 22.9 Å². The van der Waals surface area contributed by atoms with Crippen molar-refractivity contribution in [1.29, 1.82) is 0 Å². The van der Waals surface area contributed by atoms with Crippen LogP contribution in [0, 0.1) is 22.9 Å². The van der Waals surface area contributed by atoms with Crippen molar-refractivity contribution < 1.29 is 0 Å². The molecule has 0 nitrogen and oxygen atoms in total. The van der Waals surface area contributed by atoms with Crippen molar-refractivity contribution in [2.45, 2.75) is 31.9 Å². The second-order valence-electron chi connectivity index (χ2n) is 7.18. The molecule has 2 aromatic rings. The van der Waals surface area contributed by atoms with E-state index in [-0.39, 0.29) is 0 Å². The van der Waals surface area contributed by atoms with Crippen molar-refractivity contribution in [2.75, 3.05) is 0 Å². The second-order valence-corrected chi connectivity index (χ2v) is 16.6. The van der Waals surface area contributed by atoms with Crippen LogP contribution in [0.4, 0.5) is 0 Å². The van der Waals surface area contributed by atoms with Crippen LogP contribution in [-0.4, -0.2) is 16.1 Å². The maximum absolute atomic E-state index is 3.59. The Morgan fingerprint density at radius 2 is 0.957 bits per heavy atom. The Morgan fingerprint density at radius 3 is 1.30 bits per heavy atom. The van der Waals surface area contributed by atoms with Crippen LogP contribution in [0.2, 0.25) is 31.9 Å². The Kier molecular flexibility index (Phi) is 5.66. The van der Waals surface area contributed by atoms with Gasteiger partial charge in [-0.3, -0.25) is 0 Å². The first kappa shape index (κ1) is 17.3. The lowest BCUT2D eigenvalue weighted by molar-refractivity contribution is 1.60. The largest absolute Gasteiger partial charge is 0.131 e. The Balaban J connectivity index is 2.10.